The van der Waals surface area contributed by atoms with Gasteiger partial charge in [0.1, 0.15) is 5.75 Å². The standard InChI is InChI=1S/C28H21N3O4S/c1-35-23-9-5-4-8-21(23)26-22-15-12-18-6-2-3-7-20(18)25(22)29-28-30(26)27(32)24(36-28)16-17-10-13-19(14-11-17)31(33)34/h2-11,13-14,16,26H,12,15H2,1H3/b24-16-/t26-/m0/s1. The van der Waals surface area contributed by atoms with Crippen molar-refractivity contribution in [3.63, 3.8) is 0 Å². The zero-order chi connectivity index (χ0) is 24.8. The van der Waals surface area contributed by atoms with Crippen LogP contribution >= 0.6 is 11.3 Å². The fourth-order valence-corrected chi connectivity index (χ4v) is 6.04. The molecule has 0 unspecified atom stereocenters. The highest BCUT2D eigenvalue weighted by atomic mass is 32.1. The largest absolute Gasteiger partial charge is 0.496 e. The van der Waals surface area contributed by atoms with E-state index in [9.17, 15) is 14.9 Å². The van der Waals surface area contributed by atoms with E-state index in [4.69, 9.17) is 9.73 Å². The molecule has 0 bridgehead atoms. The number of methoxy groups -OCH3 is 1. The number of rotatable bonds is 4. The van der Waals surface area contributed by atoms with Crippen molar-refractivity contribution in [3.05, 3.63) is 130 Å². The first-order valence-electron chi connectivity index (χ1n) is 11.6. The molecule has 1 aromatic heterocycles. The van der Waals surface area contributed by atoms with E-state index < -0.39 is 4.92 Å². The molecule has 4 aromatic rings. The second-order valence-electron chi connectivity index (χ2n) is 8.70. The van der Waals surface area contributed by atoms with Crippen LogP contribution in [0.25, 0.3) is 11.8 Å². The Balaban J connectivity index is 1.60. The monoisotopic (exact) mass is 495 g/mol. The molecule has 2 aliphatic rings. The van der Waals surface area contributed by atoms with Gasteiger partial charge in [-0.05, 0) is 53.8 Å². The number of ether oxygens (including phenoxy) is 1. The number of nitrogens with zero attached hydrogens (tertiary/aromatic N) is 3. The van der Waals surface area contributed by atoms with Crippen LogP contribution in [0.1, 0.15) is 34.7 Å². The molecule has 7 nitrogen and oxygen atoms in total. The van der Waals surface area contributed by atoms with Crippen molar-refractivity contribution in [3.8, 4) is 5.75 Å². The summed E-state index contributed by atoms with van der Waals surface area (Å²) in [6, 6.07) is 21.9. The molecule has 0 amide bonds. The average molecular weight is 496 g/mol. The molecular weight excluding hydrogens is 474 g/mol. The van der Waals surface area contributed by atoms with Gasteiger partial charge in [0, 0.05) is 23.3 Å². The van der Waals surface area contributed by atoms with Crippen molar-refractivity contribution in [2.75, 3.05) is 7.11 Å². The van der Waals surface area contributed by atoms with Gasteiger partial charge in [-0.15, -0.1) is 0 Å². The smallest absolute Gasteiger partial charge is 0.271 e. The molecule has 6 rings (SSSR count). The van der Waals surface area contributed by atoms with Crippen LogP contribution in [0.15, 0.2) is 88.2 Å². The lowest BCUT2D eigenvalue weighted by Crippen LogP contribution is -2.38. The number of aryl methyl sites for hydroxylation is 1. The van der Waals surface area contributed by atoms with Crippen molar-refractivity contribution >= 4 is 28.8 Å². The van der Waals surface area contributed by atoms with Gasteiger partial charge in [0.25, 0.3) is 11.2 Å². The van der Waals surface area contributed by atoms with Crippen molar-refractivity contribution < 1.29 is 9.66 Å². The third kappa shape index (κ3) is 3.58. The zero-order valence-corrected chi connectivity index (χ0v) is 20.2. The van der Waals surface area contributed by atoms with E-state index >= 15 is 0 Å². The average Bonchev–Trinajstić information content (AvgIpc) is 3.22. The maximum Gasteiger partial charge on any atom is 0.271 e. The highest BCUT2D eigenvalue weighted by Gasteiger charge is 2.33. The molecule has 1 aliphatic heterocycles. The van der Waals surface area contributed by atoms with Crippen LogP contribution in [0.2, 0.25) is 0 Å². The summed E-state index contributed by atoms with van der Waals surface area (Å²) in [5.74, 6) is 0.722. The number of nitro benzene ring substituents is 1. The number of hydrogen-bond acceptors (Lipinski definition) is 6. The van der Waals surface area contributed by atoms with Gasteiger partial charge >= 0.3 is 0 Å². The van der Waals surface area contributed by atoms with Gasteiger partial charge in [0.05, 0.1) is 28.3 Å². The van der Waals surface area contributed by atoms with E-state index in [1.807, 2.05) is 36.4 Å². The lowest BCUT2D eigenvalue weighted by Gasteiger charge is -2.31. The quantitative estimate of drug-likeness (QED) is 0.313. The maximum atomic E-state index is 13.8. The molecule has 1 atom stereocenters. The molecule has 3 aromatic carbocycles. The summed E-state index contributed by atoms with van der Waals surface area (Å²) in [5.41, 5.74) is 5.90. The highest BCUT2D eigenvalue weighted by molar-refractivity contribution is 7.07. The first-order chi connectivity index (χ1) is 17.5. The number of aromatic nitrogens is 1. The summed E-state index contributed by atoms with van der Waals surface area (Å²) in [4.78, 5) is 30.0. The molecule has 178 valence electrons. The number of thiazole rings is 1. The number of non-ortho nitro benzene ring substituents is 1. The molecule has 0 radical (unpaired) electrons. The summed E-state index contributed by atoms with van der Waals surface area (Å²) >= 11 is 1.33. The number of benzene rings is 3. The SMILES string of the molecule is COc1ccccc1[C@H]1C2=C(N=c3s/c(=C\c4ccc([N+](=O)[O-])cc4)c(=O)n31)c1ccccc1CC2. The summed E-state index contributed by atoms with van der Waals surface area (Å²) in [6.45, 7) is 0. The fraction of sp³-hybridized carbons (Fsp3) is 0.143. The topological polar surface area (TPSA) is 86.7 Å². The number of hydrogen-bond donors (Lipinski definition) is 0. The third-order valence-electron chi connectivity index (χ3n) is 6.71. The van der Waals surface area contributed by atoms with E-state index in [1.54, 1.807) is 29.9 Å². The van der Waals surface area contributed by atoms with Crippen LogP contribution in [0.3, 0.4) is 0 Å². The Morgan fingerprint density at radius 2 is 1.81 bits per heavy atom. The van der Waals surface area contributed by atoms with Gasteiger partial charge in [0.2, 0.25) is 0 Å². The van der Waals surface area contributed by atoms with Crippen molar-refractivity contribution in [1.29, 1.82) is 0 Å². The highest BCUT2D eigenvalue weighted by Crippen LogP contribution is 2.43. The normalized spacial score (nSPS) is 16.6. The van der Waals surface area contributed by atoms with E-state index in [0.29, 0.717) is 14.9 Å². The predicted molar refractivity (Wildman–Crippen MR) is 139 cm³/mol. The van der Waals surface area contributed by atoms with Crippen molar-refractivity contribution in [2.24, 2.45) is 4.99 Å². The minimum atomic E-state index is -0.437. The zero-order valence-electron chi connectivity index (χ0n) is 19.4. The van der Waals surface area contributed by atoms with Crippen LogP contribution in [-0.2, 0) is 6.42 Å². The summed E-state index contributed by atoms with van der Waals surface area (Å²) in [6.07, 6.45) is 3.44. The van der Waals surface area contributed by atoms with E-state index in [2.05, 4.69) is 12.1 Å². The lowest BCUT2D eigenvalue weighted by atomic mass is 9.83. The van der Waals surface area contributed by atoms with Crippen LogP contribution in [-0.4, -0.2) is 16.6 Å². The Bertz CT molecular complexity index is 1730. The summed E-state index contributed by atoms with van der Waals surface area (Å²) in [5, 5.41) is 11.0. The molecule has 0 saturated carbocycles. The number of para-hydroxylation sites is 1. The van der Waals surface area contributed by atoms with Crippen LogP contribution in [0.4, 0.5) is 5.69 Å². The number of allylic oxidation sites excluding steroid dienone is 1. The Morgan fingerprint density at radius 3 is 2.58 bits per heavy atom. The second-order valence-corrected chi connectivity index (χ2v) is 9.71. The fourth-order valence-electron chi connectivity index (χ4n) is 5.03. The maximum absolute atomic E-state index is 13.8. The second kappa shape index (κ2) is 8.73. The van der Waals surface area contributed by atoms with Gasteiger partial charge in [0.15, 0.2) is 4.80 Å². The van der Waals surface area contributed by atoms with Crippen molar-refractivity contribution in [2.45, 2.75) is 18.9 Å². The van der Waals surface area contributed by atoms with E-state index in [0.717, 1.165) is 41.0 Å². The number of nitro groups is 1. The minimum Gasteiger partial charge on any atom is -0.496 e. The Hall–Kier alpha value is -4.30. The lowest BCUT2D eigenvalue weighted by molar-refractivity contribution is -0.384. The van der Waals surface area contributed by atoms with Crippen LogP contribution in [0.5, 0.6) is 5.75 Å². The molecule has 36 heavy (non-hydrogen) atoms. The Labute approximate surface area is 210 Å². The minimum absolute atomic E-state index is 0.0103. The van der Waals surface area contributed by atoms with Crippen molar-refractivity contribution in [1.82, 2.24) is 4.57 Å². The van der Waals surface area contributed by atoms with Gasteiger partial charge in [-0.1, -0.05) is 53.8 Å². The van der Waals surface area contributed by atoms with Gasteiger partial charge in [-0.2, -0.15) is 0 Å². The predicted octanol–water partition coefficient (Wildman–Crippen LogP) is 4.24. The molecule has 0 N–H and O–H groups in total. The van der Waals surface area contributed by atoms with E-state index in [-0.39, 0.29) is 17.3 Å². The molecule has 2 heterocycles. The van der Waals surface area contributed by atoms with Crippen LogP contribution in [0, 0.1) is 10.1 Å². The molecule has 8 heteroatoms. The summed E-state index contributed by atoms with van der Waals surface area (Å²) in [7, 11) is 1.64. The van der Waals surface area contributed by atoms with Gasteiger partial charge in [-0.3, -0.25) is 19.5 Å². The van der Waals surface area contributed by atoms with Gasteiger partial charge in [-0.25, -0.2) is 4.99 Å². The number of fused-ring (bicyclic) bond motifs is 3. The van der Waals surface area contributed by atoms with Crippen LogP contribution < -0.4 is 19.6 Å². The summed E-state index contributed by atoms with van der Waals surface area (Å²) < 4.78 is 8.00. The van der Waals surface area contributed by atoms with E-state index in [1.165, 1.54) is 29.0 Å². The third-order valence-corrected chi connectivity index (χ3v) is 7.69. The molecular formula is C28H21N3O4S. The molecule has 0 spiro atoms. The molecule has 1 aliphatic carbocycles. The molecule has 0 saturated heterocycles. The first-order valence-corrected chi connectivity index (χ1v) is 12.4. The first kappa shape index (κ1) is 22.2. The van der Waals surface area contributed by atoms with Gasteiger partial charge < -0.3 is 4.74 Å². The Morgan fingerprint density at radius 1 is 1.06 bits per heavy atom. The Kier molecular flexibility index (Phi) is 5.38. The molecule has 0 fully saturated rings.